The van der Waals surface area contributed by atoms with Gasteiger partial charge in [-0.1, -0.05) is 29.3 Å². The van der Waals surface area contributed by atoms with Gasteiger partial charge < -0.3 is 5.11 Å². The van der Waals surface area contributed by atoms with Crippen LogP contribution in [0.15, 0.2) is 36.4 Å². The molecule has 0 saturated heterocycles. The van der Waals surface area contributed by atoms with Gasteiger partial charge >= 0.3 is 0 Å². The molecule has 0 bridgehead atoms. The summed E-state index contributed by atoms with van der Waals surface area (Å²) in [7, 11) is 0. The van der Waals surface area contributed by atoms with Crippen molar-refractivity contribution in [2.75, 3.05) is 0 Å². The van der Waals surface area contributed by atoms with Crippen molar-refractivity contribution >= 4 is 23.2 Å². The largest absolute Gasteiger partial charge is 0.392 e. The Morgan fingerprint density at radius 1 is 0.950 bits per heavy atom. The molecule has 0 spiro atoms. The van der Waals surface area contributed by atoms with Gasteiger partial charge in [0.1, 0.15) is 11.6 Å². The summed E-state index contributed by atoms with van der Waals surface area (Å²) in [6.07, 6.45) is -0.503. The fourth-order valence-electron chi connectivity index (χ4n) is 1.97. The predicted molar refractivity (Wildman–Crippen MR) is 76.2 cm³/mol. The molecule has 106 valence electrons. The van der Waals surface area contributed by atoms with E-state index < -0.39 is 17.7 Å². The molecule has 0 aliphatic heterocycles. The van der Waals surface area contributed by atoms with Crippen LogP contribution in [0.5, 0.6) is 0 Å². The number of hydrogen-bond donors (Lipinski definition) is 1. The second-order valence-corrected chi connectivity index (χ2v) is 5.38. The Labute approximate surface area is 125 Å². The van der Waals surface area contributed by atoms with E-state index in [1.165, 1.54) is 6.07 Å². The van der Waals surface area contributed by atoms with E-state index in [9.17, 15) is 13.9 Å². The lowest BCUT2D eigenvalue weighted by Gasteiger charge is -2.13. The molecular formula is C15H12Cl2F2O. The number of benzene rings is 2. The molecule has 0 heterocycles. The van der Waals surface area contributed by atoms with E-state index in [4.69, 9.17) is 23.2 Å². The van der Waals surface area contributed by atoms with Gasteiger partial charge in [0.25, 0.3) is 0 Å². The van der Waals surface area contributed by atoms with Crippen LogP contribution in [0.3, 0.4) is 0 Å². The van der Waals surface area contributed by atoms with Gasteiger partial charge in [0.05, 0.1) is 6.10 Å². The lowest BCUT2D eigenvalue weighted by atomic mass is 10.0. The van der Waals surface area contributed by atoms with Crippen molar-refractivity contribution in [2.24, 2.45) is 0 Å². The quantitative estimate of drug-likeness (QED) is 0.885. The highest BCUT2D eigenvalue weighted by atomic mass is 35.5. The first-order valence-electron chi connectivity index (χ1n) is 6.01. The van der Waals surface area contributed by atoms with Crippen molar-refractivity contribution < 1.29 is 13.9 Å². The van der Waals surface area contributed by atoms with Crippen molar-refractivity contribution in [1.82, 2.24) is 0 Å². The highest BCUT2D eigenvalue weighted by Crippen LogP contribution is 2.23. The van der Waals surface area contributed by atoms with Crippen molar-refractivity contribution in [3.8, 4) is 0 Å². The zero-order valence-electron chi connectivity index (χ0n) is 10.4. The molecule has 0 amide bonds. The topological polar surface area (TPSA) is 20.2 Å². The van der Waals surface area contributed by atoms with Crippen LogP contribution in [0.4, 0.5) is 8.78 Å². The first-order chi connectivity index (χ1) is 9.45. The van der Waals surface area contributed by atoms with Gasteiger partial charge in [0.2, 0.25) is 0 Å². The first-order valence-corrected chi connectivity index (χ1v) is 6.77. The molecule has 0 fully saturated rings. The minimum absolute atomic E-state index is 0.0783. The van der Waals surface area contributed by atoms with Crippen molar-refractivity contribution in [3.05, 3.63) is 69.2 Å². The van der Waals surface area contributed by atoms with E-state index in [0.29, 0.717) is 15.6 Å². The first kappa shape index (κ1) is 15.2. The maximum Gasteiger partial charge on any atom is 0.129 e. The van der Waals surface area contributed by atoms with Crippen LogP contribution in [0.1, 0.15) is 11.1 Å². The van der Waals surface area contributed by atoms with Crippen LogP contribution < -0.4 is 0 Å². The zero-order chi connectivity index (χ0) is 14.7. The fraction of sp³-hybridized carbons (Fsp3) is 0.200. The molecule has 2 aromatic carbocycles. The van der Waals surface area contributed by atoms with Crippen LogP contribution in [0.25, 0.3) is 0 Å². The maximum absolute atomic E-state index is 13.5. The van der Waals surface area contributed by atoms with Gasteiger partial charge in [-0.25, -0.2) is 8.78 Å². The van der Waals surface area contributed by atoms with Crippen LogP contribution in [0, 0.1) is 11.6 Å². The van der Waals surface area contributed by atoms with Crippen LogP contribution >= 0.6 is 23.2 Å². The van der Waals surface area contributed by atoms with E-state index in [0.717, 1.165) is 12.1 Å². The number of hydrogen-bond acceptors (Lipinski definition) is 1. The van der Waals surface area contributed by atoms with Crippen LogP contribution in [-0.2, 0) is 12.8 Å². The van der Waals surface area contributed by atoms with Gasteiger partial charge in [-0.15, -0.1) is 0 Å². The molecule has 20 heavy (non-hydrogen) atoms. The molecule has 0 aliphatic carbocycles. The van der Waals surface area contributed by atoms with E-state index in [1.807, 2.05) is 0 Å². The second-order valence-electron chi connectivity index (χ2n) is 4.53. The third-order valence-electron chi connectivity index (χ3n) is 2.93. The molecule has 1 unspecified atom stereocenters. The molecule has 0 radical (unpaired) electrons. The molecule has 0 aromatic heterocycles. The maximum atomic E-state index is 13.5. The molecule has 5 heteroatoms. The molecule has 1 nitrogen and oxygen atoms in total. The average molecular weight is 317 g/mol. The van der Waals surface area contributed by atoms with Gasteiger partial charge in [0.15, 0.2) is 0 Å². The molecule has 0 saturated carbocycles. The fourth-order valence-corrected chi connectivity index (χ4v) is 2.36. The molecule has 2 aromatic rings. The molecule has 0 aliphatic rings. The highest BCUT2D eigenvalue weighted by molar-refractivity contribution is 6.33. The smallest absolute Gasteiger partial charge is 0.129 e. The van der Waals surface area contributed by atoms with Crippen molar-refractivity contribution in [3.63, 3.8) is 0 Å². The summed E-state index contributed by atoms with van der Waals surface area (Å²) in [6.45, 7) is 0. The summed E-state index contributed by atoms with van der Waals surface area (Å²) in [5.41, 5.74) is 0.950. The lowest BCUT2D eigenvalue weighted by Crippen LogP contribution is -2.15. The third kappa shape index (κ3) is 3.92. The third-order valence-corrected chi connectivity index (χ3v) is 3.54. The van der Waals surface area contributed by atoms with Gasteiger partial charge in [-0.3, -0.25) is 0 Å². The Bertz CT molecular complexity index is 617. The van der Waals surface area contributed by atoms with Crippen LogP contribution in [0.2, 0.25) is 10.0 Å². The summed E-state index contributed by atoms with van der Waals surface area (Å²) < 4.78 is 26.3. The Balaban J connectivity index is 2.08. The van der Waals surface area contributed by atoms with Gasteiger partial charge in [-0.2, -0.15) is 0 Å². The van der Waals surface area contributed by atoms with Crippen molar-refractivity contribution in [2.45, 2.75) is 18.9 Å². The van der Waals surface area contributed by atoms with E-state index in [1.54, 1.807) is 18.2 Å². The van der Waals surface area contributed by atoms with E-state index >= 15 is 0 Å². The summed E-state index contributed by atoms with van der Waals surface area (Å²) >= 11 is 11.9. The number of rotatable bonds is 4. The standard InChI is InChI=1S/C15H12Cl2F2O/c16-11-2-4-14(17)10(5-11)7-13(20)6-9-1-3-12(18)8-15(9)19/h1-5,8,13,20H,6-7H2. The lowest BCUT2D eigenvalue weighted by molar-refractivity contribution is 0.174. The predicted octanol–water partition coefficient (Wildman–Crippen LogP) is 4.42. The normalized spacial score (nSPS) is 12.4. The number of halogens is 4. The molecule has 1 atom stereocenters. The van der Waals surface area contributed by atoms with Gasteiger partial charge in [0, 0.05) is 29.0 Å². The summed E-state index contributed by atoms with van der Waals surface area (Å²) in [5.74, 6) is -1.31. The molecule has 1 N–H and O–H groups in total. The van der Waals surface area contributed by atoms with Gasteiger partial charge in [-0.05, 0) is 35.4 Å². The Morgan fingerprint density at radius 3 is 2.35 bits per heavy atom. The SMILES string of the molecule is OC(Cc1ccc(F)cc1F)Cc1cc(Cl)ccc1Cl. The average Bonchev–Trinajstić information content (AvgIpc) is 2.37. The Hall–Kier alpha value is -1.16. The Morgan fingerprint density at radius 2 is 1.65 bits per heavy atom. The molecular weight excluding hydrogens is 305 g/mol. The molecule has 2 rings (SSSR count). The summed E-state index contributed by atoms with van der Waals surface area (Å²) in [6, 6.07) is 8.25. The summed E-state index contributed by atoms with van der Waals surface area (Å²) in [5, 5.41) is 11.0. The zero-order valence-corrected chi connectivity index (χ0v) is 11.9. The highest BCUT2D eigenvalue weighted by Gasteiger charge is 2.13. The minimum atomic E-state index is -0.828. The van der Waals surface area contributed by atoms with Crippen LogP contribution in [-0.4, -0.2) is 11.2 Å². The number of aliphatic hydroxyl groups is 1. The Kier molecular flexibility index (Phi) is 4.97. The summed E-state index contributed by atoms with van der Waals surface area (Å²) in [4.78, 5) is 0. The van der Waals surface area contributed by atoms with E-state index in [2.05, 4.69) is 0 Å². The number of aliphatic hydroxyl groups excluding tert-OH is 1. The van der Waals surface area contributed by atoms with E-state index in [-0.39, 0.29) is 18.4 Å². The second kappa shape index (κ2) is 6.53. The minimum Gasteiger partial charge on any atom is -0.392 e. The van der Waals surface area contributed by atoms with Crippen molar-refractivity contribution in [1.29, 1.82) is 0 Å². The monoisotopic (exact) mass is 316 g/mol.